The first-order valence-corrected chi connectivity index (χ1v) is 5.85. The summed E-state index contributed by atoms with van der Waals surface area (Å²) in [7, 11) is 0. The summed E-state index contributed by atoms with van der Waals surface area (Å²) in [5.41, 5.74) is 1.10. The zero-order valence-corrected chi connectivity index (χ0v) is 10.8. The van der Waals surface area contributed by atoms with Gasteiger partial charge in [-0.15, -0.1) is 0 Å². The second-order valence-electron chi connectivity index (χ2n) is 5.31. The molecule has 0 aliphatic carbocycles. The fourth-order valence-corrected chi connectivity index (χ4v) is 1.75. The Kier molecular flexibility index (Phi) is 3.15. The number of hydrogen-bond acceptors (Lipinski definition) is 3. The molecular formula is C13H17FN2O2. The molecule has 1 aliphatic heterocycles. The number of fused-ring (bicyclic) bond motifs is 1. The van der Waals surface area contributed by atoms with Gasteiger partial charge in [0.15, 0.2) is 0 Å². The van der Waals surface area contributed by atoms with E-state index in [-0.39, 0.29) is 11.9 Å². The second-order valence-corrected chi connectivity index (χ2v) is 5.31. The number of carbonyl (C=O) groups excluding carboxylic acids is 1. The largest absolute Gasteiger partial charge is 0.444 e. The third kappa shape index (κ3) is 2.91. The number of benzene rings is 1. The first-order valence-electron chi connectivity index (χ1n) is 5.85. The van der Waals surface area contributed by atoms with Crippen molar-refractivity contribution >= 4 is 11.8 Å². The van der Waals surface area contributed by atoms with Crippen LogP contribution in [0.4, 0.5) is 14.9 Å². The van der Waals surface area contributed by atoms with Crippen LogP contribution in [-0.2, 0) is 11.3 Å². The number of nitrogens with zero attached hydrogens (tertiary/aromatic N) is 1. The molecule has 1 N–H and O–H groups in total. The average molecular weight is 252 g/mol. The van der Waals surface area contributed by atoms with E-state index in [9.17, 15) is 9.18 Å². The van der Waals surface area contributed by atoms with Crippen molar-refractivity contribution in [1.29, 1.82) is 0 Å². The monoisotopic (exact) mass is 252 g/mol. The minimum Gasteiger partial charge on any atom is -0.444 e. The van der Waals surface area contributed by atoms with Crippen LogP contribution in [0.15, 0.2) is 18.2 Å². The highest BCUT2D eigenvalue weighted by molar-refractivity contribution is 5.70. The van der Waals surface area contributed by atoms with Crippen molar-refractivity contribution in [1.82, 2.24) is 4.90 Å². The minimum absolute atomic E-state index is 0.285. The number of hydrogen-bond donors (Lipinski definition) is 1. The van der Waals surface area contributed by atoms with Gasteiger partial charge in [-0.05, 0) is 38.5 Å². The first-order chi connectivity index (χ1) is 8.35. The second kappa shape index (κ2) is 4.48. The fraction of sp³-hybridized carbons (Fsp3) is 0.462. The molecule has 98 valence electrons. The van der Waals surface area contributed by atoms with Gasteiger partial charge < -0.3 is 10.1 Å². The number of ether oxygens (including phenoxy) is 1. The molecule has 1 amide bonds. The number of halogens is 1. The molecule has 5 heteroatoms. The number of amides is 1. The Hall–Kier alpha value is -1.78. The van der Waals surface area contributed by atoms with Crippen molar-refractivity contribution in [3.8, 4) is 0 Å². The van der Waals surface area contributed by atoms with Crippen LogP contribution in [0.2, 0.25) is 0 Å². The summed E-state index contributed by atoms with van der Waals surface area (Å²) in [6.45, 7) is 6.23. The van der Waals surface area contributed by atoms with E-state index in [0.717, 1.165) is 11.3 Å². The molecule has 4 nitrogen and oxygen atoms in total. The van der Waals surface area contributed by atoms with E-state index < -0.39 is 5.60 Å². The van der Waals surface area contributed by atoms with E-state index in [1.165, 1.54) is 12.1 Å². The number of anilines is 1. The Morgan fingerprint density at radius 1 is 1.44 bits per heavy atom. The van der Waals surface area contributed by atoms with E-state index in [2.05, 4.69) is 5.32 Å². The molecule has 0 saturated carbocycles. The zero-order chi connectivity index (χ0) is 13.3. The number of carbonyl (C=O) groups is 1. The number of rotatable bonds is 0. The minimum atomic E-state index is -0.514. The summed E-state index contributed by atoms with van der Waals surface area (Å²) in [5.74, 6) is -0.285. The molecule has 0 saturated heterocycles. The summed E-state index contributed by atoms with van der Waals surface area (Å²) in [5, 5.41) is 3.01. The fourth-order valence-electron chi connectivity index (χ4n) is 1.75. The normalized spacial score (nSPS) is 14.8. The lowest BCUT2D eigenvalue weighted by Crippen LogP contribution is -2.41. The lowest BCUT2D eigenvalue weighted by Gasteiger charge is -2.31. The molecule has 18 heavy (non-hydrogen) atoms. The van der Waals surface area contributed by atoms with Gasteiger partial charge in [-0.25, -0.2) is 9.18 Å². The van der Waals surface area contributed by atoms with Crippen molar-refractivity contribution in [3.05, 3.63) is 29.6 Å². The van der Waals surface area contributed by atoms with Crippen molar-refractivity contribution in [2.75, 3.05) is 12.0 Å². The van der Waals surface area contributed by atoms with Crippen LogP contribution >= 0.6 is 0 Å². The van der Waals surface area contributed by atoms with Gasteiger partial charge in [0.25, 0.3) is 0 Å². The van der Waals surface area contributed by atoms with E-state index in [0.29, 0.717) is 13.2 Å². The molecule has 1 aromatic rings. The maximum Gasteiger partial charge on any atom is 0.412 e. The maximum absolute atomic E-state index is 13.0. The van der Waals surface area contributed by atoms with Crippen LogP contribution in [0.25, 0.3) is 0 Å². The SMILES string of the molecule is CC(C)(C)OC(=O)N1CNc2cc(F)ccc2C1. The third-order valence-electron chi connectivity index (χ3n) is 2.55. The molecule has 2 rings (SSSR count). The van der Waals surface area contributed by atoms with E-state index in [1.807, 2.05) is 20.8 Å². The number of nitrogens with one attached hydrogen (secondary N) is 1. The highest BCUT2D eigenvalue weighted by Crippen LogP contribution is 2.24. The van der Waals surface area contributed by atoms with Gasteiger partial charge in [0.05, 0.1) is 13.2 Å². The van der Waals surface area contributed by atoms with Crippen LogP contribution in [-0.4, -0.2) is 23.3 Å². The highest BCUT2D eigenvalue weighted by atomic mass is 19.1. The van der Waals surface area contributed by atoms with Gasteiger partial charge in [0.2, 0.25) is 0 Å². The predicted octanol–water partition coefficient (Wildman–Crippen LogP) is 2.95. The smallest absolute Gasteiger partial charge is 0.412 e. The Labute approximate surface area is 106 Å². The van der Waals surface area contributed by atoms with E-state index >= 15 is 0 Å². The molecule has 1 aromatic carbocycles. The van der Waals surface area contributed by atoms with Crippen LogP contribution in [0.1, 0.15) is 26.3 Å². The van der Waals surface area contributed by atoms with Crippen LogP contribution < -0.4 is 5.32 Å². The molecule has 0 unspecified atom stereocenters. The van der Waals surface area contributed by atoms with Gasteiger partial charge in [0.1, 0.15) is 11.4 Å². The lowest BCUT2D eigenvalue weighted by atomic mass is 10.1. The maximum atomic E-state index is 13.0. The molecule has 0 bridgehead atoms. The van der Waals surface area contributed by atoms with Crippen LogP contribution in [0.5, 0.6) is 0 Å². The van der Waals surface area contributed by atoms with Crippen molar-refractivity contribution in [3.63, 3.8) is 0 Å². The van der Waals surface area contributed by atoms with Crippen LogP contribution in [0.3, 0.4) is 0 Å². The molecule has 1 aliphatic rings. The average Bonchev–Trinajstić information content (AvgIpc) is 2.26. The van der Waals surface area contributed by atoms with Gasteiger partial charge in [-0.2, -0.15) is 0 Å². The van der Waals surface area contributed by atoms with Crippen molar-refractivity contribution in [2.45, 2.75) is 32.9 Å². The Morgan fingerprint density at radius 2 is 2.17 bits per heavy atom. The molecule has 0 radical (unpaired) electrons. The standard InChI is InChI=1S/C13H17FN2O2/c1-13(2,3)18-12(17)16-7-9-4-5-10(14)6-11(9)15-8-16/h4-6,15H,7-8H2,1-3H3. The van der Waals surface area contributed by atoms with Crippen molar-refractivity contribution in [2.24, 2.45) is 0 Å². The van der Waals surface area contributed by atoms with Crippen molar-refractivity contribution < 1.29 is 13.9 Å². The van der Waals surface area contributed by atoms with Gasteiger partial charge in [0, 0.05) is 5.69 Å². The summed E-state index contributed by atoms with van der Waals surface area (Å²) in [4.78, 5) is 13.4. The summed E-state index contributed by atoms with van der Waals surface area (Å²) < 4.78 is 18.3. The van der Waals surface area contributed by atoms with E-state index in [4.69, 9.17) is 4.74 Å². The Bertz CT molecular complexity index is 469. The highest BCUT2D eigenvalue weighted by Gasteiger charge is 2.25. The molecule has 1 heterocycles. The summed E-state index contributed by atoms with van der Waals surface area (Å²) >= 11 is 0. The van der Waals surface area contributed by atoms with Gasteiger partial charge in [-0.3, -0.25) is 4.90 Å². The zero-order valence-electron chi connectivity index (χ0n) is 10.8. The Balaban J connectivity index is 2.08. The topological polar surface area (TPSA) is 41.6 Å². The molecule has 0 spiro atoms. The Morgan fingerprint density at radius 3 is 2.83 bits per heavy atom. The molecular weight excluding hydrogens is 235 g/mol. The molecule has 0 aromatic heterocycles. The predicted molar refractivity (Wildman–Crippen MR) is 66.7 cm³/mol. The molecule has 0 fully saturated rings. The third-order valence-corrected chi connectivity index (χ3v) is 2.55. The lowest BCUT2D eigenvalue weighted by molar-refractivity contribution is 0.0242. The van der Waals surface area contributed by atoms with E-state index in [1.54, 1.807) is 11.0 Å². The van der Waals surface area contributed by atoms with Gasteiger partial charge in [-0.1, -0.05) is 6.07 Å². The summed E-state index contributed by atoms with van der Waals surface area (Å²) in [6, 6.07) is 4.50. The van der Waals surface area contributed by atoms with Crippen LogP contribution in [0, 0.1) is 5.82 Å². The summed E-state index contributed by atoms with van der Waals surface area (Å²) in [6.07, 6.45) is -0.370. The molecule has 0 atom stereocenters. The quantitative estimate of drug-likeness (QED) is 0.771. The first kappa shape index (κ1) is 12.7. The van der Waals surface area contributed by atoms with Gasteiger partial charge >= 0.3 is 6.09 Å².